The van der Waals surface area contributed by atoms with E-state index < -0.39 is 0 Å². The summed E-state index contributed by atoms with van der Waals surface area (Å²) in [6, 6.07) is 13.7. The third-order valence-corrected chi connectivity index (χ3v) is 4.59. The molecule has 0 amide bonds. The molecule has 25 heavy (non-hydrogen) atoms. The summed E-state index contributed by atoms with van der Waals surface area (Å²) >= 11 is 6.31. The van der Waals surface area contributed by atoms with Crippen molar-refractivity contribution in [2.24, 2.45) is 0 Å². The van der Waals surface area contributed by atoms with E-state index in [4.69, 9.17) is 22.4 Å². The number of anilines is 1. The molecule has 2 aromatic heterocycles. The first-order chi connectivity index (χ1) is 12.2. The Labute approximate surface area is 149 Å². The van der Waals surface area contributed by atoms with Crippen LogP contribution in [0, 0.1) is 0 Å². The lowest BCUT2D eigenvalue weighted by atomic mass is 10.0. The molecular weight excluding hydrogens is 336 g/mol. The number of nitrogens with two attached hydrogens (primary N) is 1. The van der Waals surface area contributed by atoms with Gasteiger partial charge in [0.2, 0.25) is 0 Å². The predicted molar refractivity (Wildman–Crippen MR) is 102 cm³/mol. The smallest absolute Gasteiger partial charge is 0.152 e. The van der Waals surface area contributed by atoms with Crippen molar-refractivity contribution in [2.45, 2.75) is 12.8 Å². The summed E-state index contributed by atoms with van der Waals surface area (Å²) in [7, 11) is 0. The van der Waals surface area contributed by atoms with Crippen LogP contribution in [0.3, 0.4) is 0 Å². The molecule has 0 saturated carbocycles. The number of hydrogen-bond donors (Lipinski definition) is 3. The second-order valence-corrected chi connectivity index (χ2v) is 6.35. The number of H-pyrrole nitrogens is 1. The fourth-order valence-electron chi connectivity index (χ4n) is 3.05. The molecule has 2 aromatic carbocycles. The number of nitrogens with zero attached hydrogens (tertiary/aromatic N) is 2. The predicted octanol–water partition coefficient (Wildman–Crippen LogP) is 3.94. The molecule has 0 unspecified atom stereocenters. The van der Waals surface area contributed by atoms with Crippen LogP contribution < -0.4 is 5.73 Å². The minimum absolute atomic E-state index is 0.132. The number of nitrogens with one attached hydrogen (secondary N) is 1. The number of aliphatic hydroxyl groups excluding tert-OH is 1. The van der Waals surface area contributed by atoms with Crippen LogP contribution in [-0.2, 0) is 6.42 Å². The van der Waals surface area contributed by atoms with Crippen LogP contribution in [0.5, 0.6) is 0 Å². The molecule has 0 fully saturated rings. The average Bonchev–Trinajstić information content (AvgIpc) is 3.05. The number of pyridine rings is 1. The number of aliphatic hydroxyl groups is 1. The highest BCUT2D eigenvalue weighted by atomic mass is 35.5. The van der Waals surface area contributed by atoms with Crippen molar-refractivity contribution in [2.75, 3.05) is 12.3 Å². The van der Waals surface area contributed by atoms with E-state index >= 15 is 0 Å². The molecule has 0 bridgehead atoms. The molecule has 0 saturated heterocycles. The molecule has 0 radical (unpaired) electrons. The van der Waals surface area contributed by atoms with Gasteiger partial charge in [-0.25, -0.2) is 9.97 Å². The summed E-state index contributed by atoms with van der Waals surface area (Å²) < 4.78 is 0. The van der Waals surface area contributed by atoms with Crippen molar-refractivity contribution in [1.29, 1.82) is 0 Å². The molecule has 4 rings (SSSR count). The van der Waals surface area contributed by atoms with Crippen LogP contribution in [0.1, 0.15) is 12.2 Å². The summed E-state index contributed by atoms with van der Waals surface area (Å²) in [6.07, 6.45) is 1.32. The number of nitrogen functional groups attached to an aromatic ring is 1. The van der Waals surface area contributed by atoms with E-state index in [-0.39, 0.29) is 6.61 Å². The van der Waals surface area contributed by atoms with Gasteiger partial charge in [0.1, 0.15) is 11.3 Å². The maximum atomic E-state index is 9.00. The zero-order valence-electron chi connectivity index (χ0n) is 13.5. The van der Waals surface area contributed by atoms with Crippen LogP contribution in [0.4, 0.5) is 5.82 Å². The van der Waals surface area contributed by atoms with E-state index in [9.17, 15) is 0 Å². The molecule has 0 spiro atoms. The van der Waals surface area contributed by atoms with E-state index in [0.29, 0.717) is 29.2 Å². The molecule has 6 heteroatoms. The van der Waals surface area contributed by atoms with Crippen LogP contribution in [0.2, 0.25) is 5.02 Å². The lowest BCUT2D eigenvalue weighted by Crippen LogP contribution is -1.93. The summed E-state index contributed by atoms with van der Waals surface area (Å²) in [5.41, 5.74) is 10.4. The van der Waals surface area contributed by atoms with Crippen molar-refractivity contribution < 1.29 is 5.11 Å². The molecular formula is C19H17ClN4O. The number of hydrogen-bond acceptors (Lipinski definition) is 4. The van der Waals surface area contributed by atoms with E-state index in [1.165, 1.54) is 0 Å². The second-order valence-electron chi connectivity index (χ2n) is 5.94. The minimum Gasteiger partial charge on any atom is -0.396 e. The highest BCUT2D eigenvalue weighted by Crippen LogP contribution is 2.32. The maximum Gasteiger partial charge on any atom is 0.152 e. The average molecular weight is 353 g/mol. The number of imidazole rings is 1. The molecule has 0 aliphatic carbocycles. The number of aromatic amines is 1. The number of benzene rings is 2. The van der Waals surface area contributed by atoms with E-state index in [1.807, 2.05) is 42.5 Å². The molecule has 0 aliphatic rings. The summed E-state index contributed by atoms with van der Waals surface area (Å²) in [4.78, 5) is 12.4. The van der Waals surface area contributed by atoms with Gasteiger partial charge in [0.15, 0.2) is 5.82 Å². The Balaban J connectivity index is 1.89. The SMILES string of the molecule is Nc1nc2cc(-c3ccccc3Cl)ccc2c2[nH]c(CCCO)nc12. The van der Waals surface area contributed by atoms with Gasteiger partial charge in [-0.15, -0.1) is 0 Å². The Morgan fingerprint density at radius 3 is 2.76 bits per heavy atom. The van der Waals surface area contributed by atoms with Gasteiger partial charge in [0, 0.05) is 29.0 Å². The number of aryl methyl sites for hydroxylation is 1. The number of rotatable bonds is 4. The molecule has 4 aromatic rings. The molecule has 0 aliphatic heterocycles. The van der Waals surface area contributed by atoms with E-state index in [2.05, 4.69) is 15.0 Å². The van der Waals surface area contributed by atoms with Crippen molar-refractivity contribution in [3.63, 3.8) is 0 Å². The summed E-state index contributed by atoms with van der Waals surface area (Å²) in [5, 5.41) is 10.7. The largest absolute Gasteiger partial charge is 0.396 e. The standard InChI is InChI=1S/C19H17ClN4O/c20-14-5-2-1-4-12(14)11-7-8-13-15(10-11)22-19(21)18-17(13)23-16(24-18)6-3-9-25/h1-2,4-5,7-8,10,25H,3,6,9H2,(H2,21,22)(H,23,24). The van der Waals surface area contributed by atoms with Gasteiger partial charge in [-0.2, -0.15) is 0 Å². The number of aromatic nitrogens is 3. The lowest BCUT2D eigenvalue weighted by molar-refractivity contribution is 0.287. The lowest BCUT2D eigenvalue weighted by Gasteiger charge is -2.07. The highest BCUT2D eigenvalue weighted by molar-refractivity contribution is 6.33. The van der Waals surface area contributed by atoms with Gasteiger partial charge >= 0.3 is 0 Å². The van der Waals surface area contributed by atoms with Crippen molar-refractivity contribution in [3.05, 3.63) is 53.3 Å². The zero-order valence-corrected chi connectivity index (χ0v) is 14.2. The van der Waals surface area contributed by atoms with Gasteiger partial charge < -0.3 is 15.8 Å². The normalized spacial score (nSPS) is 11.4. The second kappa shape index (κ2) is 6.35. The molecule has 126 valence electrons. The van der Waals surface area contributed by atoms with Gasteiger partial charge in [0.05, 0.1) is 11.0 Å². The monoisotopic (exact) mass is 352 g/mol. The van der Waals surface area contributed by atoms with Crippen LogP contribution in [0.25, 0.3) is 33.1 Å². The van der Waals surface area contributed by atoms with E-state index in [0.717, 1.165) is 33.4 Å². The van der Waals surface area contributed by atoms with Crippen LogP contribution >= 0.6 is 11.6 Å². The van der Waals surface area contributed by atoms with Crippen molar-refractivity contribution in [3.8, 4) is 11.1 Å². The Hall–Kier alpha value is -2.63. The maximum absolute atomic E-state index is 9.00. The molecule has 5 nitrogen and oxygen atoms in total. The first-order valence-corrected chi connectivity index (χ1v) is 8.49. The van der Waals surface area contributed by atoms with Gasteiger partial charge in [-0.05, 0) is 24.1 Å². The van der Waals surface area contributed by atoms with Crippen molar-refractivity contribution in [1.82, 2.24) is 15.0 Å². The zero-order chi connectivity index (χ0) is 17.4. The number of fused-ring (bicyclic) bond motifs is 3. The first-order valence-electron chi connectivity index (χ1n) is 8.11. The fourth-order valence-corrected chi connectivity index (χ4v) is 3.29. The molecule has 2 heterocycles. The molecule has 4 N–H and O–H groups in total. The van der Waals surface area contributed by atoms with Gasteiger partial charge in [-0.1, -0.05) is 41.9 Å². The van der Waals surface area contributed by atoms with Crippen molar-refractivity contribution >= 4 is 39.4 Å². The highest BCUT2D eigenvalue weighted by Gasteiger charge is 2.13. The minimum atomic E-state index is 0.132. The Kier molecular flexibility index (Phi) is 4.03. The van der Waals surface area contributed by atoms with E-state index in [1.54, 1.807) is 0 Å². The Morgan fingerprint density at radius 2 is 1.96 bits per heavy atom. The van der Waals surface area contributed by atoms with Crippen LogP contribution in [-0.4, -0.2) is 26.7 Å². The van der Waals surface area contributed by atoms with Gasteiger partial charge in [-0.3, -0.25) is 0 Å². The molecule has 0 atom stereocenters. The number of halogens is 1. The third-order valence-electron chi connectivity index (χ3n) is 4.26. The Bertz CT molecular complexity index is 1070. The topological polar surface area (TPSA) is 87.8 Å². The van der Waals surface area contributed by atoms with Crippen LogP contribution in [0.15, 0.2) is 42.5 Å². The first kappa shape index (κ1) is 15.9. The van der Waals surface area contributed by atoms with Gasteiger partial charge in [0.25, 0.3) is 0 Å². The Morgan fingerprint density at radius 1 is 1.12 bits per heavy atom. The summed E-state index contributed by atoms with van der Waals surface area (Å²) in [6.45, 7) is 0.132. The third kappa shape index (κ3) is 2.81. The quantitative estimate of drug-likeness (QED) is 0.519. The summed E-state index contributed by atoms with van der Waals surface area (Å²) in [5.74, 6) is 1.20. The fraction of sp³-hybridized carbons (Fsp3) is 0.158.